The number of aryl methyl sites for hydroxylation is 2. The molecule has 0 spiro atoms. The highest BCUT2D eigenvalue weighted by atomic mass is 32.1. The lowest BCUT2D eigenvalue weighted by Gasteiger charge is -2.34. The summed E-state index contributed by atoms with van der Waals surface area (Å²) in [5.74, 6) is -0.802. The zero-order chi connectivity index (χ0) is 48.2. The van der Waals surface area contributed by atoms with Crippen molar-refractivity contribution in [2.24, 2.45) is 18.4 Å². The maximum Gasteiger partial charge on any atom is 0.255 e. The highest BCUT2D eigenvalue weighted by Crippen LogP contribution is 2.31. The van der Waals surface area contributed by atoms with Crippen LogP contribution in [0.2, 0.25) is 0 Å². The first-order valence-electron chi connectivity index (χ1n) is 22.9. The van der Waals surface area contributed by atoms with Crippen LogP contribution in [0, 0.1) is 18.3 Å². The summed E-state index contributed by atoms with van der Waals surface area (Å²) in [5, 5.41) is 28.1. The van der Waals surface area contributed by atoms with Crippen LogP contribution in [-0.4, -0.2) is 127 Å². The van der Waals surface area contributed by atoms with Gasteiger partial charge in [0.1, 0.15) is 18.5 Å². The zero-order valence-electron chi connectivity index (χ0n) is 39.1. The van der Waals surface area contributed by atoms with Crippen LogP contribution in [-0.2, 0) is 44.1 Å². The van der Waals surface area contributed by atoms with Crippen LogP contribution >= 0.6 is 11.3 Å². The number of hydrogen-bond donors (Lipinski definition) is 6. The molecule has 0 radical (unpaired) electrons. The number of benzene rings is 3. The number of fused-ring (bicyclic) bond motifs is 2. The fourth-order valence-corrected chi connectivity index (χ4v) is 9.78. The molecule has 2 unspecified atom stereocenters. The van der Waals surface area contributed by atoms with Crippen molar-refractivity contribution in [3.63, 3.8) is 0 Å². The van der Waals surface area contributed by atoms with E-state index in [9.17, 15) is 29.1 Å². The zero-order valence-corrected chi connectivity index (χ0v) is 39.9. The summed E-state index contributed by atoms with van der Waals surface area (Å²) in [5.41, 5.74) is 5.80. The quantitative estimate of drug-likeness (QED) is 0.0707. The largest absolute Gasteiger partial charge is 0.378 e. The van der Waals surface area contributed by atoms with Crippen molar-refractivity contribution in [3.05, 3.63) is 95.0 Å². The number of imidazole rings is 1. The van der Waals surface area contributed by atoms with Gasteiger partial charge >= 0.3 is 0 Å². The molecule has 3 aromatic heterocycles. The fraction of sp³-hybridized carbons (Fsp3) is 0.429. The summed E-state index contributed by atoms with van der Waals surface area (Å²) in [6, 6.07) is 17.8. The number of likely N-dealkylation sites (tertiary alicyclic amines) is 2. The van der Waals surface area contributed by atoms with Crippen LogP contribution < -0.4 is 21.3 Å². The van der Waals surface area contributed by atoms with Crippen molar-refractivity contribution in [3.8, 4) is 10.4 Å². The number of aromatic amines is 1. The molecule has 3 aromatic carbocycles. The summed E-state index contributed by atoms with van der Waals surface area (Å²) in [4.78, 5) is 83.3. The minimum Gasteiger partial charge on any atom is -0.378 e. The van der Waals surface area contributed by atoms with Gasteiger partial charge in [-0.2, -0.15) is 5.10 Å². The Morgan fingerprint density at radius 2 is 1.85 bits per heavy atom. The second-order valence-corrected chi connectivity index (χ2v) is 19.8. The number of rotatable bonds is 17. The molecule has 68 heavy (non-hydrogen) atoms. The number of aromatic nitrogens is 5. The maximum atomic E-state index is 13.8. The first-order chi connectivity index (χ1) is 32.5. The van der Waals surface area contributed by atoms with E-state index in [1.165, 1.54) is 16.2 Å². The van der Waals surface area contributed by atoms with E-state index in [0.717, 1.165) is 69.0 Å². The molecule has 2 saturated heterocycles. The lowest BCUT2D eigenvalue weighted by atomic mass is 9.85. The van der Waals surface area contributed by atoms with E-state index in [0.29, 0.717) is 24.2 Å². The van der Waals surface area contributed by atoms with Crippen LogP contribution in [0.3, 0.4) is 0 Å². The number of aliphatic hydroxyl groups is 1. The summed E-state index contributed by atoms with van der Waals surface area (Å²) in [6.45, 7) is 9.73. The Morgan fingerprint density at radius 3 is 2.65 bits per heavy atom. The average molecular weight is 946 g/mol. The Balaban J connectivity index is 0.727. The van der Waals surface area contributed by atoms with E-state index >= 15 is 0 Å². The van der Waals surface area contributed by atoms with E-state index in [1.54, 1.807) is 22.5 Å². The van der Waals surface area contributed by atoms with Crippen LogP contribution in [0.25, 0.3) is 32.4 Å². The summed E-state index contributed by atoms with van der Waals surface area (Å²) in [6.07, 6.45) is 3.02. The number of carbonyl (C=O) groups is 5. The van der Waals surface area contributed by atoms with Crippen molar-refractivity contribution < 1.29 is 33.8 Å². The van der Waals surface area contributed by atoms with Crippen molar-refractivity contribution >= 4 is 68.5 Å². The number of β-amino-alcohol motifs (C(OH)–C–C–N with tert-alkyl or cyclic N) is 1. The Kier molecular flexibility index (Phi) is 14.4. The van der Waals surface area contributed by atoms with Gasteiger partial charge in [-0.1, -0.05) is 45.0 Å². The monoisotopic (exact) mass is 945 g/mol. The smallest absolute Gasteiger partial charge is 0.255 e. The van der Waals surface area contributed by atoms with E-state index in [1.807, 2.05) is 89.3 Å². The molecular formula is C49H59N11O7S. The molecule has 6 N–H and O–H groups in total. The van der Waals surface area contributed by atoms with Gasteiger partial charge in [0.25, 0.3) is 11.8 Å². The number of H-pyrrole nitrogens is 1. The van der Waals surface area contributed by atoms with Gasteiger partial charge in [0, 0.05) is 62.7 Å². The minimum absolute atomic E-state index is 0.0552. The Bertz CT molecular complexity index is 2830. The maximum absolute atomic E-state index is 13.8. The standard InChI is InChI=1S/C49H59N11O7S/c1-30-43(68-29-52-30)36-9-7-6-8-33(36)23-51-47(65)49(66)15-18-60(28-49)46(64)44(48(2,3)4)57-42(62)27-67-19-16-50-41(61)20-31-14-17-59(25-31)26-40-55-37-12-11-35(22-38(37)56-40)54-45(63)32-10-13-39-34(21-32)24-53-58(39)5/h6-13,21-22,24,29,31,44,66H,14-20,23,25-28H2,1-5H3,(H,50,61)(H,51,65)(H,54,63)(H,55,56)(H,57,62)/t31?,44?,49-/m1/s1. The first-order valence-corrected chi connectivity index (χ1v) is 23.8. The number of nitrogens with one attached hydrogen (secondary N) is 5. The third-order valence-corrected chi connectivity index (χ3v) is 13.6. The van der Waals surface area contributed by atoms with Gasteiger partial charge in [-0.15, -0.1) is 11.3 Å². The van der Waals surface area contributed by atoms with Gasteiger partial charge in [-0.3, -0.25) is 33.6 Å². The number of anilines is 1. The molecule has 2 fully saturated rings. The van der Waals surface area contributed by atoms with Crippen LogP contribution in [0.5, 0.6) is 0 Å². The molecule has 358 valence electrons. The fourth-order valence-electron chi connectivity index (χ4n) is 8.92. The van der Waals surface area contributed by atoms with E-state index in [2.05, 4.69) is 41.2 Å². The number of ether oxygens (including phenoxy) is 1. The second-order valence-electron chi connectivity index (χ2n) is 18.9. The minimum atomic E-state index is -1.79. The molecule has 2 aliphatic heterocycles. The number of nitrogens with zero attached hydrogens (tertiary/aromatic N) is 6. The topological polar surface area (TPSA) is 229 Å². The lowest BCUT2D eigenvalue weighted by molar-refractivity contribution is -0.143. The molecule has 0 bridgehead atoms. The van der Waals surface area contributed by atoms with E-state index in [-0.39, 0.29) is 63.5 Å². The average Bonchev–Trinajstić information content (AvgIpc) is 4.17. The van der Waals surface area contributed by atoms with Crippen molar-refractivity contribution in [1.82, 2.24) is 50.5 Å². The summed E-state index contributed by atoms with van der Waals surface area (Å²) >= 11 is 1.52. The molecule has 8 rings (SSSR count). The third kappa shape index (κ3) is 11.2. The highest BCUT2D eigenvalue weighted by Gasteiger charge is 2.47. The van der Waals surface area contributed by atoms with Gasteiger partial charge in [0.15, 0.2) is 5.60 Å². The van der Waals surface area contributed by atoms with E-state index in [4.69, 9.17) is 9.72 Å². The number of thiazole rings is 1. The first kappa shape index (κ1) is 47.9. The van der Waals surface area contributed by atoms with Crippen molar-refractivity contribution in [2.45, 2.75) is 71.7 Å². The van der Waals surface area contributed by atoms with Gasteiger partial charge in [-0.25, -0.2) is 9.97 Å². The van der Waals surface area contributed by atoms with Crippen LogP contribution in [0.4, 0.5) is 5.69 Å². The molecule has 0 saturated carbocycles. The Labute approximate surface area is 398 Å². The SMILES string of the molecule is Cc1ncsc1-c1ccccc1CNC(=O)[C@@]1(O)CCN(C(=O)C(NC(=O)COCCNC(=O)CC2CCN(Cc3nc4ccc(NC(=O)c5ccc6c(cnn6C)c5)cc4[nH]3)C2)C(C)(C)C)C1. The molecule has 6 aromatic rings. The van der Waals surface area contributed by atoms with Crippen molar-refractivity contribution in [2.75, 3.05) is 51.3 Å². The normalized spacial score (nSPS) is 18.0. The molecule has 3 atom stereocenters. The molecule has 19 heteroatoms. The second kappa shape index (κ2) is 20.4. The molecule has 0 aliphatic carbocycles. The van der Waals surface area contributed by atoms with Gasteiger partial charge in [-0.05, 0) is 78.7 Å². The molecule has 18 nitrogen and oxygen atoms in total. The molecule has 5 amide bonds. The third-order valence-electron chi connectivity index (χ3n) is 12.7. The summed E-state index contributed by atoms with van der Waals surface area (Å²) < 4.78 is 7.35. The van der Waals surface area contributed by atoms with Gasteiger partial charge in [0.05, 0.1) is 58.5 Å². The number of hydrogen-bond acceptors (Lipinski definition) is 12. The Hall–Kier alpha value is -6.54. The predicted octanol–water partition coefficient (Wildman–Crippen LogP) is 4.29. The molecule has 2 aliphatic rings. The van der Waals surface area contributed by atoms with E-state index < -0.39 is 34.8 Å². The molecular weight excluding hydrogens is 887 g/mol. The predicted molar refractivity (Wildman–Crippen MR) is 258 cm³/mol. The molecule has 5 heterocycles. The highest BCUT2D eigenvalue weighted by molar-refractivity contribution is 7.13. The van der Waals surface area contributed by atoms with Gasteiger partial charge < -0.3 is 41.0 Å². The number of carbonyl (C=O) groups excluding carboxylic acids is 5. The Morgan fingerprint density at radius 1 is 1.03 bits per heavy atom. The van der Waals surface area contributed by atoms with Gasteiger partial charge in [0.2, 0.25) is 17.7 Å². The van der Waals surface area contributed by atoms with Crippen LogP contribution in [0.15, 0.2) is 72.4 Å². The van der Waals surface area contributed by atoms with Crippen molar-refractivity contribution in [1.29, 1.82) is 0 Å². The van der Waals surface area contributed by atoms with Crippen LogP contribution in [0.1, 0.15) is 67.5 Å². The summed E-state index contributed by atoms with van der Waals surface area (Å²) in [7, 11) is 1.86. The lowest BCUT2D eigenvalue weighted by Crippen LogP contribution is -2.56. The number of amides is 5.